The molecule has 1 saturated heterocycles. The van der Waals surface area contributed by atoms with Crippen LogP contribution in [0.4, 0.5) is 10.6 Å². The molecule has 13 heteroatoms. The number of hydrogen-bond acceptors (Lipinski definition) is 9. The molecular weight excluding hydrogens is 510 g/mol. The molecule has 36 heavy (non-hydrogen) atoms. The van der Waals surface area contributed by atoms with Crippen LogP contribution in [0.25, 0.3) is 11.0 Å². The van der Waals surface area contributed by atoms with Crippen molar-refractivity contribution in [2.24, 2.45) is 7.05 Å². The number of carbonyl (C=O) groups is 2. The average molecular weight is 534 g/mol. The number of rotatable bonds is 7. The lowest BCUT2D eigenvalue weighted by Crippen LogP contribution is -2.28. The summed E-state index contributed by atoms with van der Waals surface area (Å²) in [6, 6.07) is 3.08. The molecule has 0 N–H and O–H groups in total. The average Bonchev–Trinajstić information content (AvgIpc) is 3.22. The zero-order valence-electron chi connectivity index (χ0n) is 19.4. The second kappa shape index (κ2) is 10.7. The number of halogens is 1. The fraction of sp³-hybridized carbons (Fsp3) is 0.391. The zero-order valence-corrected chi connectivity index (χ0v) is 21.2. The van der Waals surface area contributed by atoms with Crippen molar-refractivity contribution in [2.75, 3.05) is 24.7 Å². The molecule has 2 aliphatic rings. The quantitative estimate of drug-likeness (QED) is 0.421. The molecule has 190 valence electrons. The van der Waals surface area contributed by atoms with Crippen LogP contribution in [0.15, 0.2) is 29.3 Å². The summed E-state index contributed by atoms with van der Waals surface area (Å²) in [7, 11) is 1.65. The van der Waals surface area contributed by atoms with Crippen molar-refractivity contribution in [3.8, 4) is 11.6 Å². The molecule has 0 saturated carbocycles. The molecule has 1 amide bonds. The van der Waals surface area contributed by atoms with Crippen molar-refractivity contribution in [1.82, 2.24) is 19.5 Å². The van der Waals surface area contributed by atoms with Crippen molar-refractivity contribution in [3.05, 3.63) is 45.6 Å². The van der Waals surface area contributed by atoms with Gasteiger partial charge < -0.3 is 18.8 Å². The molecule has 11 nitrogen and oxygen atoms in total. The number of carbonyl (C=O) groups excluding carboxylic acids is 2. The van der Waals surface area contributed by atoms with E-state index in [9.17, 15) is 14.4 Å². The highest BCUT2D eigenvalue weighted by atomic mass is 35.5. The van der Waals surface area contributed by atoms with E-state index >= 15 is 0 Å². The van der Waals surface area contributed by atoms with E-state index in [1.807, 2.05) is 0 Å². The van der Waals surface area contributed by atoms with Gasteiger partial charge in [-0.05, 0) is 25.3 Å². The zero-order chi connectivity index (χ0) is 24.5. The van der Waals surface area contributed by atoms with Crippen molar-refractivity contribution in [2.45, 2.75) is 31.8 Å². The Hall–Kier alpha value is -3.38. The number of amides is 1. The number of aromatic nitrogens is 4. The number of ketones is 1. The molecule has 2 aliphatic heterocycles. The lowest BCUT2D eigenvalue weighted by atomic mass is 10.1. The second-order valence-corrected chi connectivity index (χ2v) is 8.75. The first-order valence-electron chi connectivity index (χ1n) is 11.2. The number of nitrogens with zero attached hydrogens (tertiary/aromatic N) is 5. The third kappa shape index (κ3) is 5.09. The number of pyridine rings is 2. The second-order valence-electron chi connectivity index (χ2n) is 8.34. The van der Waals surface area contributed by atoms with Crippen molar-refractivity contribution < 1.29 is 23.8 Å². The minimum absolute atomic E-state index is 0. The lowest BCUT2D eigenvalue weighted by molar-refractivity contribution is -0.121. The van der Waals surface area contributed by atoms with Gasteiger partial charge in [0, 0.05) is 13.1 Å². The first kappa shape index (κ1) is 25.7. The number of cyclic esters (lactones) is 1. The molecule has 0 aromatic carbocycles. The number of hydrogen-bond donors (Lipinski definition) is 0. The monoisotopic (exact) mass is 533 g/mol. The van der Waals surface area contributed by atoms with Crippen LogP contribution >= 0.6 is 25.1 Å². The first-order valence-corrected chi connectivity index (χ1v) is 11.5. The number of fused-ring (bicyclic) bond motifs is 2. The summed E-state index contributed by atoms with van der Waals surface area (Å²) in [6.45, 7) is 0.696. The van der Waals surface area contributed by atoms with Crippen molar-refractivity contribution in [3.63, 3.8) is 0 Å². The van der Waals surface area contributed by atoms with Gasteiger partial charge in [0.1, 0.15) is 28.9 Å². The molecule has 0 radical (unpaired) electrons. The normalized spacial score (nSPS) is 16.8. The summed E-state index contributed by atoms with van der Waals surface area (Å²) in [5, 5.41) is 0.331. The van der Waals surface area contributed by atoms with Gasteiger partial charge in [0.2, 0.25) is 5.88 Å². The van der Waals surface area contributed by atoms with E-state index in [1.54, 1.807) is 13.1 Å². The van der Waals surface area contributed by atoms with Gasteiger partial charge in [-0.25, -0.2) is 14.8 Å². The SMILES string of the molecule is Cn1c(=O)ccc2ncc(Cl)c(OCCCC[C@H]3CN(c4cnc5c(n4)CC(=O)CO5)C(=O)O3)c21.S. The van der Waals surface area contributed by atoms with Gasteiger partial charge in [-0.3, -0.25) is 19.5 Å². The molecule has 5 rings (SSSR count). The van der Waals surface area contributed by atoms with Gasteiger partial charge in [-0.2, -0.15) is 13.5 Å². The van der Waals surface area contributed by atoms with E-state index in [1.165, 1.54) is 27.9 Å². The molecule has 1 fully saturated rings. The molecule has 0 unspecified atom stereocenters. The third-order valence-electron chi connectivity index (χ3n) is 5.89. The van der Waals surface area contributed by atoms with Gasteiger partial charge >= 0.3 is 6.09 Å². The van der Waals surface area contributed by atoms with Crippen LogP contribution in [0.3, 0.4) is 0 Å². The maximum atomic E-state index is 12.4. The first-order chi connectivity index (χ1) is 16.9. The Balaban J connectivity index is 0.00000304. The van der Waals surface area contributed by atoms with Crippen LogP contribution < -0.4 is 19.9 Å². The molecule has 5 heterocycles. The molecule has 0 aliphatic carbocycles. The van der Waals surface area contributed by atoms with E-state index in [4.69, 9.17) is 25.8 Å². The number of ether oxygens (including phenoxy) is 3. The minimum atomic E-state index is -0.500. The fourth-order valence-corrected chi connectivity index (χ4v) is 4.29. The van der Waals surface area contributed by atoms with Crippen molar-refractivity contribution >= 4 is 53.8 Å². The molecule has 0 spiro atoms. The minimum Gasteiger partial charge on any atom is -0.490 e. The molecule has 1 atom stereocenters. The van der Waals surface area contributed by atoms with Crippen LogP contribution in [0, 0.1) is 0 Å². The Morgan fingerprint density at radius 3 is 2.83 bits per heavy atom. The Morgan fingerprint density at radius 1 is 1.17 bits per heavy atom. The predicted molar refractivity (Wildman–Crippen MR) is 136 cm³/mol. The van der Waals surface area contributed by atoms with Gasteiger partial charge in [-0.1, -0.05) is 11.6 Å². The van der Waals surface area contributed by atoms with E-state index in [0.717, 1.165) is 6.42 Å². The maximum absolute atomic E-state index is 12.4. The largest absolute Gasteiger partial charge is 0.490 e. The third-order valence-corrected chi connectivity index (χ3v) is 6.16. The Labute approximate surface area is 217 Å². The van der Waals surface area contributed by atoms with Gasteiger partial charge in [0.05, 0.1) is 37.5 Å². The molecule has 0 bridgehead atoms. The Morgan fingerprint density at radius 2 is 2.00 bits per heavy atom. The Kier molecular flexibility index (Phi) is 7.65. The summed E-state index contributed by atoms with van der Waals surface area (Å²) < 4.78 is 18.1. The summed E-state index contributed by atoms with van der Waals surface area (Å²) >= 11 is 6.28. The highest BCUT2D eigenvalue weighted by molar-refractivity contribution is 7.59. The summed E-state index contributed by atoms with van der Waals surface area (Å²) in [5.41, 5.74) is 1.41. The van der Waals surface area contributed by atoms with Crippen LogP contribution in [0.1, 0.15) is 25.0 Å². The van der Waals surface area contributed by atoms with Gasteiger partial charge in [-0.15, -0.1) is 0 Å². The number of unbranched alkanes of at least 4 members (excludes halogenated alkanes) is 1. The Bertz CT molecular complexity index is 1380. The molecule has 3 aromatic heterocycles. The van der Waals surface area contributed by atoms with Crippen LogP contribution in [-0.2, 0) is 23.0 Å². The van der Waals surface area contributed by atoms with E-state index in [-0.39, 0.29) is 44.0 Å². The molecule has 3 aromatic rings. The van der Waals surface area contributed by atoms with E-state index < -0.39 is 6.09 Å². The predicted octanol–water partition coefficient (Wildman–Crippen LogP) is 2.57. The highest BCUT2D eigenvalue weighted by Crippen LogP contribution is 2.31. The summed E-state index contributed by atoms with van der Waals surface area (Å²) in [4.78, 5) is 50.2. The van der Waals surface area contributed by atoms with Crippen LogP contribution in [-0.4, -0.2) is 57.3 Å². The number of Topliss-reactive ketones (excluding diaryl/α,β-unsaturated/α-hetero) is 1. The van der Waals surface area contributed by atoms with Gasteiger partial charge in [0.25, 0.3) is 5.56 Å². The standard InChI is InChI=1S/C23H22ClN5O6.H2S/c1-28-19(31)6-5-16-20(28)21(15(24)9-25-16)33-7-3-2-4-14-11-29(23(32)35-14)18-10-26-22-17(27-18)8-13(30)12-34-22;/h5-6,9-10,14H,2-4,7-8,11-12H2,1H3;1H2/t14-;/m0./s1. The van der Waals surface area contributed by atoms with E-state index in [0.29, 0.717) is 65.2 Å². The van der Waals surface area contributed by atoms with Crippen molar-refractivity contribution in [1.29, 1.82) is 0 Å². The fourth-order valence-electron chi connectivity index (χ4n) is 4.10. The van der Waals surface area contributed by atoms with Gasteiger partial charge in [0.15, 0.2) is 17.4 Å². The lowest BCUT2D eigenvalue weighted by Gasteiger charge is -2.17. The summed E-state index contributed by atoms with van der Waals surface area (Å²) in [5.74, 6) is 0.988. The topological polar surface area (TPSA) is 126 Å². The smallest absolute Gasteiger partial charge is 0.415 e. The van der Waals surface area contributed by atoms with E-state index in [2.05, 4.69) is 15.0 Å². The maximum Gasteiger partial charge on any atom is 0.415 e. The van der Waals surface area contributed by atoms with Crippen LogP contribution in [0.2, 0.25) is 5.02 Å². The molecular formula is C23H24ClN5O6S. The summed E-state index contributed by atoms with van der Waals surface area (Å²) in [6.07, 6.45) is 4.34. The highest BCUT2D eigenvalue weighted by Gasteiger charge is 2.34. The number of anilines is 1. The van der Waals surface area contributed by atoms with Crippen LogP contribution in [0.5, 0.6) is 11.6 Å². The number of aryl methyl sites for hydroxylation is 1.